The maximum atomic E-state index is 13.6. The molecule has 1 fully saturated rings. The minimum absolute atomic E-state index is 0.0111. The van der Waals surface area contributed by atoms with Crippen LogP contribution in [0.4, 0.5) is 32.2 Å². The summed E-state index contributed by atoms with van der Waals surface area (Å²) in [7, 11) is 0. The number of ether oxygens (including phenoxy) is 1. The number of halogens is 6. The van der Waals surface area contributed by atoms with Crippen molar-refractivity contribution in [1.29, 1.82) is 0 Å². The van der Waals surface area contributed by atoms with E-state index < -0.39 is 35.4 Å². The van der Waals surface area contributed by atoms with E-state index in [2.05, 4.69) is 9.17 Å². The van der Waals surface area contributed by atoms with E-state index >= 15 is 0 Å². The SMILES string of the molecule is CSN1CCN(c2cc(OSC(F)(F)F)cc(OC(C)(C)C)n2)C(C(F)(F)F)C1. The van der Waals surface area contributed by atoms with Crippen molar-refractivity contribution in [1.82, 2.24) is 9.29 Å². The third-order valence-corrected chi connectivity index (χ3v) is 4.99. The molecule has 0 bridgehead atoms. The third kappa shape index (κ3) is 7.52. The molecule has 1 unspecified atom stereocenters. The number of alkyl halides is 6. The van der Waals surface area contributed by atoms with Crippen LogP contribution in [0.3, 0.4) is 0 Å². The summed E-state index contributed by atoms with van der Waals surface area (Å²) in [5, 5.41) is 0. The highest BCUT2D eigenvalue weighted by atomic mass is 32.2. The lowest BCUT2D eigenvalue weighted by Crippen LogP contribution is -2.57. The Morgan fingerprint density at radius 3 is 2.24 bits per heavy atom. The van der Waals surface area contributed by atoms with E-state index in [1.165, 1.54) is 11.9 Å². The van der Waals surface area contributed by atoms with Crippen molar-refractivity contribution >= 4 is 29.8 Å². The van der Waals surface area contributed by atoms with Gasteiger partial charge >= 0.3 is 11.7 Å². The van der Waals surface area contributed by atoms with E-state index in [1.807, 2.05) is 0 Å². The molecule has 1 saturated heterocycles. The average molecular weight is 465 g/mol. The Hall–Kier alpha value is -1.21. The van der Waals surface area contributed by atoms with Gasteiger partial charge in [-0.25, -0.2) is 4.31 Å². The highest BCUT2D eigenvalue weighted by molar-refractivity contribution is 7.96. The summed E-state index contributed by atoms with van der Waals surface area (Å²) in [6, 6.07) is 0.305. The molecule has 1 atom stereocenters. The topological polar surface area (TPSA) is 37.8 Å². The highest BCUT2D eigenvalue weighted by Crippen LogP contribution is 2.38. The van der Waals surface area contributed by atoms with Gasteiger partial charge in [0.2, 0.25) is 5.88 Å². The van der Waals surface area contributed by atoms with Crippen LogP contribution in [0.2, 0.25) is 0 Å². The van der Waals surface area contributed by atoms with Gasteiger partial charge in [-0.1, -0.05) is 11.9 Å². The van der Waals surface area contributed by atoms with E-state index in [0.29, 0.717) is 6.54 Å². The van der Waals surface area contributed by atoms with Gasteiger partial charge in [0.25, 0.3) is 0 Å². The molecule has 0 radical (unpaired) electrons. The van der Waals surface area contributed by atoms with Gasteiger partial charge in [-0.05, 0) is 27.0 Å². The molecule has 1 aromatic heterocycles. The number of hydrogen-bond acceptors (Lipinski definition) is 7. The molecule has 5 nitrogen and oxygen atoms in total. The minimum Gasteiger partial charge on any atom is -0.472 e. The van der Waals surface area contributed by atoms with Gasteiger partial charge in [-0.2, -0.15) is 31.3 Å². The van der Waals surface area contributed by atoms with Crippen LogP contribution >= 0.6 is 24.0 Å². The Labute approximate surface area is 173 Å². The van der Waals surface area contributed by atoms with Crippen LogP contribution in [0.25, 0.3) is 0 Å². The molecule has 1 aliphatic heterocycles. The first kappa shape index (κ1) is 24.1. The molecule has 0 aliphatic carbocycles. The lowest BCUT2D eigenvalue weighted by Gasteiger charge is -2.41. The number of anilines is 1. The summed E-state index contributed by atoms with van der Waals surface area (Å²) in [5.74, 6) is -0.585. The van der Waals surface area contributed by atoms with E-state index in [-0.39, 0.29) is 30.5 Å². The van der Waals surface area contributed by atoms with Crippen molar-refractivity contribution in [3.63, 3.8) is 0 Å². The number of nitrogens with zero attached hydrogens (tertiary/aromatic N) is 3. The van der Waals surface area contributed by atoms with Crippen LogP contribution < -0.4 is 13.8 Å². The normalized spacial score (nSPS) is 19.4. The quantitative estimate of drug-likeness (QED) is 0.339. The average Bonchev–Trinajstić information content (AvgIpc) is 2.56. The van der Waals surface area contributed by atoms with Crippen LogP contribution in [-0.2, 0) is 0 Å². The lowest BCUT2D eigenvalue weighted by atomic mass is 10.1. The molecular weight excluding hydrogens is 444 g/mol. The summed E-state index contributed by atoms with van der Waals surface area (Å²) < 4.78 is 90.2. The molecule has 1 aromatic rings. The zero-order valence-corrected chi connectivity index (χ0v) is 17.7. The first-order valence-electron chi connectivity index (χ1n) is 8.44. The van der Waals surface area contributed by atoms with Crippen molar-refractivity contribution in [2.45, 2.75) is 44.1 Å². The molecule has 1 aliphatic rings. The van der Waals surface area contributed by atoms with Gasteiger partial charge in [0.15, 0.2) is 12.0 Å². The molecule has 2 rings (SSSR count). The monoisotopic (exact) mass is 465 g/mol. The fraction of sp³-hybridized carbons (Fsp3) is 0.688. The van der Waals surface area contributed by atoms with Crippen molar-refractivity contribution in [2.24, 2.45) is 0 Å². The standard InChI is InChI=1S/C16H21F6N3O2S2/c1-14(2,3)26-13-8-10(27-29-16(20,21)22)7-12(23-13)25-6-5-24(28-4)9-11(25)15(17,18)19/h7-8,11H,5-6,9H2,1-4H3. The maximum absolute atomic E-state index is 13.6. The van der Waals surface area contributed by atoms with Crippen molar-refractivity contribution in [3.05, 3.63) is 12.1 Å². The Kier molecular flexibility index (Phi) is 7.37. The summed E-state index contributed by atoms with van der Waals surface area (Å²) in [4.78, 5) is 5.13. The third-order valence-electron chi connectivity index (χ3n) is 3.68. The predicted octanol–water partition coefficient (Wildman–Crippen LogP) is 5.14. The van der Waals surface area contributed by atoms with Gasteiger partial charge in [0.1, 0.15) is 23.2 Å². The number of piperazine rings is 1. The second-order valence-corrected chi connectivity index (χ2v) is 8.83. The summed E-state index contributed by atoms with van der Waals surface area (Å²) in [6.45, 7) is 5.06. The Balaban J connectivity index is 2.41. The Morgan fingerprint density at radius 2 is 1.72 bits per heavy atom. The van der Waals surface area contributed by atoms with Gasteiger partial charge in [-0.15, -0.1) is 0 Å². The first-order chi connectivity index (χ1) is 13.2. The molecule has 29 heavy (non-hydrogen) atoms. The van der Waals surface area contributed by atoms with Gasteiger partial charge < -0.3 is 13.8 Å². The van der Waals surface area contributed by atoms with E-state index in [1.54, 1.807) is 31.3 Å². The molecule has 166 valence electrons. The van der Waals surface area contributed by atoms with Crippen LogP contribution in [0.15, 0.2) is 12.1 Å². The van der Waals surface area contributed by atoms with Gasteiger partial charge in [-0.3, -0.25) is 0 Å². The maximum Gasteiger partial charge on any atom is 0.479 e. The molecule has 0 saturated carbocycles. The van der Waals surface area contributed by atoms with E-state index in [4.69, 9.17) is 4.74 Å². The molecule has 0 aromatic carbocycles. The van der Waals surface area contributed by atoms with Crippen LogP contribution in [0.1, 0.15) is 20.8 Å². The van der Waals surface area contributed by atoms with Crippen molar-refractivity contribution < 1.29 is 35.3 Å². The fourth-order valence-corrected chi connectivity index (χ4v) is 3.44. The zero-order valence-electron chi connectivity index (χ0n) is 16.1. The van der Waals surface area contributed by atoms with E-state index in [0.717, 1.165) is 17.0 Å². The molecule has 2 heterocycles. The molecule has 13 heteroatoms. The van der Waals surface area contributed by atoms with Crippen LogP contribution in [0.5, 0.6) is 11.6 Å². The number of rotatable bonds is 5. The highest BCUT2D eigenvalue weighted by Gasteiger charge is 2.47. The van der Waals surface area contributed by atoms with Crippen LogP contribution in [0, 0.1) is 0 Å². The summed E-state index contributed by atoms with van der Waals surface area (Å²) in [6.07, 6.45) is -2.88. The Bertz CT molecular complexity index is 697. The lowest BCUT2D eigenvalue weighted by molar-refractivity contribution is -0.153. The second-order valence-electron chi connectivity index (χ2n) is 7.15. The largest absolute Gasteiger partial charge is 0.479 e. The van der Waals surface area contributed by atoms with Crippen molar-refractivity contribution in [3.8, 4) is 11.6 Å². The van der Waals surface area contributed by atoms with Gasteiger partial charge in [0.05, 0.1) is 0 Å². The first-order valence-corrected chi connectivity index (χ1v) is 10.4. The number of pyridine rings is 1. The zero-order chi connectivity index (χ0) is 22.0. The minimum atomic E-state index is -4.67. The van der Waals surface area contributed by atoms with Crippen molar-refractivity contribution in [2.75, 3.05) is 30.8 Å². The fourth-order valence-electron chi connectivity index (χ4n) is 2.60. The Morgan fingerprint density at radius 1 is 1.07 bits per heavy atom. The van der Waals surface area contributed by atoms with Gasteiger partial charge in [0, 0.05) is 31.8 Å². The molecule has 0 N–H and O–H groups in total. The predicted molar refractivity (Wildman–Crippen MR) is 101 cm³/mol. The smallest absolute Gasteiger partial charge is 0.472 e. The molecule has 0 amide bonds. The summed E-state index contributed by atoms with van der Waals surface area (Å²) in [5.41, 5.74) is -5.44. The number of hydrogen-bond donors (Lipinski definition) is 0. The number of aromatic nitrogens is 1. The molecular formula is C16H21F6N3O2S2. The van der Waals surface area contributed by atoms with Crippen LogP contribution in [-0.4, -0.2) is 58.5 Å². The van der Waals surface area contributed by atoms with E-state index in [9.17, 15) is 26.3 Å². The second kappa shape index (κ2) is 8.88. The summed E-state index contributed by atoms with van der Waals surface area (Å²) >= 11 is 0.440. The molecule has 0 spiro atoms.